The van der Waals surface area contributed by atoms with Crippen LogP contribution in [0.1, 0.15) is 26.3 Å². The summed E-state index contributed by atoms with van der Waals surface area (Å²) in [5.74, 6) is -0.280. The largest absolute Gasteiger partial charge is 0.508 e. The van der Waals surface area contributed by atoms with Gasteiger partial charge in [-0.3, -0.25) is 9.63 Å². The Labute approximate surface area is 136 Å². The molecule has 0 unspecified atom stereocenters. The maximum Gasteiger partial charge on any atom is 0.408 e. The zero-order chi connectivity index (χ0) is 17.6. The highest BCUT2D eigenvalue weighted by molar-refractivity contribution is 5.85. The Kier molecular flexibility index (Phi) is 6.38. The molecule has 0 aliphatic rings. The summed E-state index contributed by atoms with van der Waals surface area (Å²) in [4.78, 5) is 29.2. The van der Waals surface area contributed by atoms with Gasteiger partial charge in [0.2, 0.25) is 0 Å². The summed E-state index contributed by atoms with van der Waals surface area (Å²) < 4.78 is 5.19. The quantitative estimate of drug-likeness (QED) is 0.807. The van der Waals surface area contributed by atoms with Crippen molar-refractivity contribution in [3.63, 3.8) is 0 Å². The van der Waals surface area contributed by atoms with Crippen LogP contribution in [0.3, 0.4) is 0 Å². The summed E-state index contributed by atoms with van der Waals surface area (Å²) in [5.41, 5.74) is 0.116. The van der Waals surface area contributed by atoms with Crippen LogP contribution in [0.25, 0.3) is 0 Å². The molecule has 0 radical (unpaired) electrons. The number of carbonyl (C=O) groups is 2. The second-order valence-corrected chi connectivity index (χ2v) is 6.09. The minimum Gasteiger partial charge on any atom is -0.508 e. The molecule has 0 saturated heterocycles. The molecule has 0 saturated carbocycles. The zero-order valence-electron chi connectivity index (χ0n) is 14.1. The predicted molar refractivity (Wildman–Crippen MR) is 84.7 cm³/mol. The maximum atomic E-state index is 12.3. The summed E-state index contributed by atoms with van der Waals surface area (Å²) >= 11 is 0. The molecule has 0 bridgehead atoms. The number of aromatic hydroxyl groups is 1. The first-order valence-electron chi connectivity index (χ1n) is 7.21. The Morgan fingerprint density at radius 3 is 2.30 bits per heavy atom. The summed E-state index contributed by atoms with van der Waals surface area (Å²) in [6.07, 6.45) is -0.439. The molecule has 0 fully saturated rings. The Morgan fingerprint density at radius 1 is 1.26 bits per heavy atom. The number of ether oxygens (including phenoxy) is 1. The second-order valence-electron chi connectivity index (χ2n) is 6.09. The Balaban J connectivity index is 2.86. The van der Waals surface area contributed by atoms with E-state index in [4.69, 9.17) is 9.57 Å². The summed E-state index contributed by atoms with van der Waals surface area (Å²) in [6, 6.07) is 5.55. The molecule has 2 N–H and O–H groups in total. The molecule has 0 aliphatic heterocycles. The van der Waals surface area contributed by atoms with Crippen molar-refractivity contribution in [3.05, 3.63) is 29.8 Å². The zero-order valence-corrected chi connectivity index (χ0v) is 14.1. The first-order valence-corrected chi connectivity index (χ1v) is 7.21. The number of nitrogens with one attached hydrogen (secondary N) is 1. The number of alkyl carbamates (subject to hydrolysis) is 1. The molecule has 0 spiro atoms. The Hall–Kier alpha value is -2.28. The van der Waals surface area contributed by atoms with Crippen LogP contribution in [0, 0.1) is 0 Å². The number of hydrogen-bond donors (Lipinski definition) is 2. The van der Waals surface area contributed by atoms with E-state index in [9.17, 15) is 14.7 Å². The minimum atomic E-state index is -0.848. The van der Waals surface area contributed by atoms with Gasteiger partial charge in [-0.25, -0.2) is 9.86 Å². The van der Waals surface area contributed by atoms with Crippen molar-refractivity contribution in [2.45, 2.75) is 38.8 Å². The van der Waals surface area contributed by atoms with Crippen molar-refractivity contribution in [2.75, 3.05) is 14.2 Å². The third kappa shape index (κ3) is 6.56. The molecule has 0 heterocycles. The number of likely N-dealkylation sites (N-methyl/N-ethyl adjacent to an activating group) is 1. The summed E-state index contributed by atoms with van der Waals surface area (Å²) in [7, 11) is 2.83. The third-order valence-corrected chi connectivity index (χ3v) is 2.95. The molecule has 0 aliphatic carbocycles. The lowest BCUT2D eigenvalue weighted by Gasteiger charge is -2.25. The number of phenolic OH excluding ortho intramolecular Hbond substituents is 1. The molecule has 7 nitrogen and oxygen atoms in total. The van der Waals surface area contributed by atoms with E-state index in [1.165, 1.54) is 26.3 Å². The smallest absolute Gasteiger partial charge is 0.408 e. The first-order chi connectivity index (χ1) is 10.6. The maximum absolute atomic E-state index is 12.3. The van der Waals surface area contributed by atoms with Gasteiger partial charge >= 0.3 is 6.09 Å². The highest BCUT2D eigenvalue weighted by Gasteiger charge is 2.27. The molecule has 23 heavy (non-hydrogen) atoms. The minimum absolute atomic E-state index is 0.130. The van der Waals surface area contributed by atoms with E-state index in [0.29, 0.717) is 0 Å². The van der Waals surface area contributed by atoms with E-state index in [1.807, 2.05) is 0 Å². The highest BCUT2D eigenvalue weighted by Crippen LogP contribution is 2.13. The fourth-order valence-corrected chi connectivity index (χ4v) is 1.83. The Bertz CT molecular complexity index is 536. The number of hydrogen-bond acceptors (Lipinski definition) is 5. The Morgan fingerprint density at radius 2 is 1.83 bits per heavy atom. The van der Waals surface area contributed by atoms with Gasteiger partial charge in [0.1, 0.15) is 17.4 Å². The number of benzene rings is 1. The average Bonchev–Trinajstić information content (AvgIpc) is 2.45. The monoisotopic (exact) mass is 324 g/mol. The van der Waals surface area contributed by atoms with Crippen LogP contribution in [-0.4, -0.2) is 48.0 Å². The third-order valence-electron chi connectivity index (χ3n) is 2.95. The molecule has 128 valence electrons. The van der Waals surface area contributed by atoms with E-state index in [2.05, 4.69) is 5.32 Å². The standard InChI is InChI=1S/C16H24N2O5/c1-16(2,3)23-15(21)17-13(14(20)18(4)22-5)10-11-6-8-12(19)9-7-11/h6-9,13,19H,10H2,1-5H3,(H,17,21)/t13-/m0/s1. The van der Waals surface area contributed by atoms with Crippen molar-refractivity contribution in [2.24, 2.45) is 0 Å². The highest BCUT2D eigenvalue weighted by atomic mass is 16.7. The first kappa shape index (κ1) is 18.8. The lowest BCUT2D eigenvalue weighted by Crippen LogP contribution is -2.49. The lowest BCUT2D eigenvalue weighted by molar-refractivity contribution is -0.171. The number of amides is 2. The van der Waals surface area contributed by atoms with Crippen LogP contribution in [-0.2, 0) is 20.8 Å². The van der Waals surface area contributed by atoms with E-state index >= 15 is 0 Å². The van der Waals surface area contributed by atoms with Crippen LogP contribution < -0.4 is 5.32 Å². The number of phenols is 1. The van der Waals surface area contributed by atoms with Gasteiger partial charge in [-0.2, -0.15) is 0 Å². The molecular formula is C16H24N2O5. The molecule has 1 rings (SSSR count). The van der Waals surface area contributed by atoms with Gasteiger partial charge in [-0.05, 0) is 38.5 Å². The van der Waals surface area contributed by atoms with Gasteiger partial charge in [0, 0.05) is 13.5 Å². The van der Waals surface area contributed by atoms with Crippen molar-refractivity contribution in [1.82, 2.24) is 10.4 Å². The van der Waals surface area contributed by atoms with E-state index < -0.39 is 23.6 Å². The van der Waals surface area contributed by atoms with Crippen LogP contribution in [0.2, 0.25) is 0 Å². The van der Waals surface area contributed by atoms with E-state index in [-0.39, 0.29) is 12.2 Å². The summed E-state index contributed by atoms with van der Waals surface area (Å²) in [5, 5.41) is 12.9. The molecule has 1 aromatic rings. The van der Waals surface area contributed by atoms with Gasteiger partial charge in [-0.15, -0.1) is 0 Å². The van der Waals surface area contributed by atoms with E-state index in [0.717, 1.165) is 10.6 Å². The van der Waals surface area contributed by atoms with Gasteiger partial charge in [0.15, 0.2) is 0 Å². The van der Waals surface area contributed by atoms with Crippen LogP contribution in [0.4, 0.5) is 4.79 Å². The number of nitrogens with zero attached hydrogens (tertiary/aromatic N) is 1. The van der Waals surface area contributed by atoms with Gasteiger partial charge < -0.3 is 15.2 Å². The average molecular weight is 324 g/mol. The number of rotatable bonds is 5. The van der Waals surface area contributed by atoms with Crippen molar-refractivity contribution >= 4 is 12.0 Å². The second kappa shape index (κ2) is 7.82. The SMILES string of the molecule is CON(C)C(=O)[C@H](Cc1ccc(O)cc1)NC(=O)OC(C)(C)C. The molecule has 1 atom stereocenters. The van der Waals surface area contributed by atoms with Crippen LogP contribution in [0.15, 0.2) is 24.3 Å². The van der Waals surface area contributed by atoms with Gasteiger partial charge in [0.05, 0.1) is 7.11 Å². The fourth-order valence-electron chi connectivity index (χ4n) is 1.83. The van der Waals surface area contributed by atoms with Crippen molar-refractivity contribution < 1.29 is 24.3 Å². The van der Waals surface area contributed by atoms with Gasteiger partial charge in [0.25, 0.3) is 5.91 Å². The molecule has 2 amide bonds. The predicted octanol–water partition coefficient (Wildman–Crippen LogP) is 1.85. The lowest BCUT2D eigenvalue weighted by atomic mass is 10.1. The number of hydroxylamine groups is 2. The normalized spacial score (nSPS) is 12.4. The van der Waals surface area contributed by atoms with Crippen molar-refractivity contribution in [1.29, 1.82) is 0 Å². The molecular weight excluding hydrogens is 300 g/mol. The van der Waals surface area contributed by atoms with Crippen LogP contribution in [0.5, 0.6) is 5.75 Å². The van der Waals surface area contributed by atoms with Gasteiger partial charge in [-0.1, -0.05) is 12.1 Å². The molecule has 7 heteroatoms. The topological polar surface area (TPSA) is 88.1 Å². The van der Waals surface area contributed by atoms with Crippen LogP contribution >= 0.6 is 0 Å². The van der Waals surface area contributed by atoms with Crippen molar-refractivity contribution in [3.8, 4) is 5.75 Å². The molecule has 1 aromatic carbocycles. The number of carbonyl (C=O) groups excluding carboxylic acids is 2. The molecule has 0 aromatic heterocycles. The fraction of sp³-hybridized carbons (Fsp3) is 0.500. The van der Waals surface area contributed by atoms with E-state index in [1.54, 1.807) is 32.9 Å². The summed E-state index contributed by atoms with van der Waals surface area (Å²) in [6.45, 7) is 5.22.